The molecule has 0 saturated carbocycles. The Kier molecular flexibility index (Phi) is 2.03. The van der Waals surface area contributed by atoms with Gasteiger partial charge in [-0.3, -0.25) is 0 Å². The number of phenols is 1. The van der Waals surface area contributed by atoms with Gasteiger partial charge in [-0.25, -0.2) is 0 Å². The number of rotatable bonds is 0. The topological polar surface area (TPSA) is 20.2 Å². The maximum atomic E-state index is 9.73. The minimum atomic E-state index is 0.434. The molecule has 1 heteroatoms. The van der Waals surface area contributed by atoms with E-state index in [1.807, 2.05) is 48.5 Å². The van der Waals surface area contributed by atoms with Crippen LogP contribution in [0.1, 0.15) is 11.1 Å². The molecule has 0 amide bonds. The predicted octanol–water partition coefficient (Wildman–Crippen LogP) is 3.57. The summed E-state index contributed by atoms with van der Waals surface area (Å²) in [5.74, 6) is 0.434. The molecular formula is C15H12O. The molecule has 0 saturated heterocycles. The second kappa shape index (κ2) is 3.53. The van der Waals surface area contributed by atoms with Crippen LogP contribution < -0.4 is 0 Å². The second-order valence-electron chi connectivity index (χ2n) is 4.02. The van der Waals surface area contributed by atoms with E-state index in [1.165, 1.54) is 10.9 Å². The van der Waals surface area contributed by atoms with Crippen molar-refractivity contribution >= 4 is 10.8 Å². The Balaban J connectivity index is 2.39. The van der Waals surface area contributed by atoms with Gasteiger partial charge in [0.15, 0.2) is 0 Å². The van der Waals surface area contributed by atoms with Crippen molar-refractivity contribution in [2.75, 3.05) is 0 Å². The first-order valence-corrected chi connectivity index (χ1v) is 5.42. The molecule has 0 aromatic heterocycles. The fourth-order valence-corrected chi connectivity index (χ4v) is 2.02. The highest BCUT2D eigenvalue weighted by atomic mass is 16.3. The van der Waals surface area contributed by atoms with Crippen LogP contribution in [0.15, 0.2) is 54.6 Å². The molecule has 2 aromatic rings. The number of hydrogen-bond donors (Lipinski definition) is 1. The number of phenolic OH excluding ortho intramolecular Hbond substituents is 1. The summed E-state index contributed by atoms with van der Waals surface area (Å²) in [7, 11) is 0. The summed E-state index contributed by atoms with van der Waals surface area (Å²) in [5.41, 5.74) is 2.39. The normalized spacial score (nSPS) is 11.8. The smallest absolute Gasteiger partial charge is 0.120 e. The van der Waals surface area contributed by atoms with Gasteiger partial charge in [0.05, 0.1) is 0 Å². The molecule has 2 aromatic carbocycles. The predicted molar refractivity (Wildman–Crippen MR) is 66.0 cm³/mol. The Hall–Kier alpha value is -2.02. The summed E-state index contributed by atoms with van der Waals surface area (Å²) in [6.07, 6.45) is 0.929. The highest BCUT2D eigenvalue weighted by molar-refractivity contribution is 5.92. The van der Waals surface area contributed by atoms with Crippen molar-refractivity contribution in [2.45, 2.75) is 6.42 Å². The molecule has 1 aliphatic rings. The monoisotopic (exact) mass is 208 g/mol. The van der Waals surface area contributed by atoms with E-state index in [9.17, 15) is 5.11 Å². The summed E-state index contributed by atoms with van der Waals surface area (Å²) in [4.78, 5) is 0. The lowest BCUT2D eigenvalue weighted by Crippen LogP contribution is -1.68. The van der Waals surface area contributed by atoms with Crippen molar-refractivity contribution in [2.24, 2.45) is 0 Å². The van der Waals surface area contributed by atoms with Crippen LogP contribution in [0.2, 0.25) is 0 Å². The van der Waals surface area contributed by atoms with Crippen molar-refractivity contribution in [3.05, 3.63) is 65.7 Å². The van der Waals surface area contributed by atoms with E-state index >= 15 is 0 Å². The minimum Gasteiger partial charge on any atom is -0.508 e. The summed E-state index contributed by atoms with van der Waals surface area (Å²) in [6, 6.07) is 18.0. The van der Waals surface area contributed by atoms with Gasteiger partial charge in [-0.1, -0.05) is 48.5 Å². The van der Waals surface area contributed by atoms with Gasteiger partial charge in [-0.15, -0.1) is 0 Å². The molecule has 0 heterocycles. The van der Waals surface area contributed by atoms with Crippen LogP contribution in [-0.4, -0.2) is 5.11 Å². The van der Waals surface area contributed by atoms with Crippen LogP contribution in [0.25, 0.3) is 10.8 Å². The molecule has 0 bridgehead atoms. The van der Waals surface area contributed by atoms with Crippen LogP contribution in [0.4, 0.5) is 0 Å². The molecule has 0 atom stereocenters. The molecule has 1 N–H and O–H groups in total. The number of fused-ring (bicyclic) bond motifs is 3. The Morgan fingerprint density at radius 3 is 2.31 bits per heavy atom. The van der Waals surface area contributed by atoms with Crippen molar-refractivity contribution in [3.8, 4) is 5.75 Å². The van der Waals surface area contributed by atoms with Gasteiger partial charge in [-0.05, 0) is 22.4 Å². The van der Waals surface area contributed by atoms with Gasteiger partial charge in [0.25, 0.3) is 0 Å². The summed E-state index contributed by atoms with van der Waals surface area (Å²) in [6.45, 7) is 0. The third-order valence-corrected chi connectivity index (χ3v) is 2.92. The van der Waals surface area contributed by atoms with E-state index in [2.05, 4.69) is 6.07 Å². The van der Waals surface area contributed by atoms with Crippen molar-refractivity contribution < 1.29 is 5.11 Å². The average molecular weight is 208 g/mol. The maximum absolute atomic E-state index is 9.73. The van der Waals surface area contributed by atoms with Gasteiger partial charge < -0.3 is 5.11 Å². The van der Waals surface area contributed by atoms with E-state index in [-0.39, 0.29) is 0 Å². The first-order valence-electron chi connectivity index (χ1n) is 5.42. The Bertz CT molecular complexity index is 613. The van der Waals surface area contributed by atoms with Gasteiger partial charge in [-0.2, -0.15) is 0 Å². The molecule has 78 valence electrons. The molecule has 3 rings (SSSR count). The highest BCUT2D eigenvalue weighted by Crippen LogP contribution is 2.41. The van der Waals surface area contributed by atoms with Crippen LogP contribution in [0.3, 0.4) is 0 Å². The molecule has 16 heavy (non-hydrogen) atoms. The van der Waals surface area contributed by atoms with E-state index in [4.69, 9.17) is 0 Å². The third-order valence-electron chi connectivity index (χ3n) is 2.92. The number of benzene rings is 1. The third kappa shape index (κ3) is 1.50. The van der Waals surface area contributed by atoms with E-state index in [1.54, 1.807) is 0 Å². The lowest BCUT2D eigenvalue weighted by Gasteiger charge is -1.93. The SMILES string of the molecule is Oc1cc2ccccccccc2c2c1C2. The van der Waals surface area contributed by atoms with Crippen molar-refractivity contribution in [3.63, 3.8) is 0 Å². The molecule has 0 fully saturated rings. The Morgan fingerprint density at radius 1 is 0.812 bits per heavy atom. The standard InChI is InChI=1S/C15H12O/c16-15-9-11-7-5-3-1-2-4-6-8-12(11)13-10-14(13)15/h1-9,16H,10H2. The lowest BCUT2D eigenvalue weighted by molar-refractivity contribution is 0.475. The van der Waals surface area contributed by atoms with E-state index in [0.29, 0.717) is 5.75 Å². The molecular weight excluding hydrogens is 196 g/mol. The first-order chi connectivity index (χ1) is 7.86. The van der Waals surface area contributed by atoms with Gasteiger partial charge in [0.1, 0.15) is 5.75 Å². The van der Waals surface area contributed by atoms with Gasteiger partial charge in [0.2, 0.25) is 0 Å². The van der Waals surface area contributed by atoms with Crippen LogP contribution in [-0.2, 0) is 6.42 Å². The van der Waals surface area contributed by atoms with E-state index in [0.717, 1.165) is 17.4 Å². The molecule has 0 spiro atoms. The Morgan fingerprint density at radius 2 is 1.50 bits per heavy atom. The molecule has 1 aliphatic carbocycles. The average Bonchev–Trinajstić information content (AvgIpc) is 3.06. The Labute approximate surface area is 94.3 Å². The van der Waals surface area contributed by atoms with Crippen molar-refractivity contribution in [1.82, 2.24) is 0 Å². The summed E-state index contributed by atoms with van der Waals surface area (Å²) < 4.78 is 0. The zero-order chi connectivity index (χ0) is 11.0. The molecule has 1 nitrogen and oxygen atoms in total. The quantitative estimate of drug-likeness (QED) is 0.598. The van der Waals surface area contributed by atoms with Crippen LogP contribution in [0.5, 0.6) is 5.75 Å². The summed E-state index contributed by atoms with van der Waals surface area (Å²) in [5, 5.41) is 12.1. The number of hydrogen-bond acceptors (Lipinski definition) is 1. The zero-order valence-corrected chi connectivity index (χ0v) is 8.85. The number of aromatic hydroxyl groups is 1. The molecule has 0 aliphatic heterocycles. The van der Waals surface area contributed by atoms with Gasteiger partial charge in [0, 0.05) is 12.0 Å². The lowest BCUT2D eigenvalue weighted by atomic mass is 10.1. The fourth-order valence-electron chi connectivity index (χ4n) is 2.02. The molecule has 0 unspecified atom stereocenters. The zero-order valence-electron chi connectivity index (χ0n) is 8.85. The van der Waals surface area contributed by atoms with Crippen molar-refractivity contribution in [1.29, 1.82) is 0 Å². The largest absolute Gasteiger partial charge is 0.508 e. The molecule has 0 radical (unpaired) electrons. The maximum Gasteiger partial charge on any atom is 0.120 e. The first kappa shape index (κ1) is 9.22. The van der Waals surface area contributed by atoms with Crippen LogP contribution >= 0.6 is 0 Å². The fraction of sp³-hybridized carbons (Fsp3) is 0.0667. The minimum absolute atomic E-state index is 0.434. The highest BCUT2D eigenvalue weighted by Gasteiger charge is 2.23. The summed E-state index contributed by atoms with van der Waals surface area (Å²) >= 11 is 0. The van der Waals surface area contributed by atoms with E-state index < -0.39 is 0 Å². The van der Waals surface area contributed by atoms with Gasteiger partial charge >= 0.3 is 0 Å². The van der Waals surface area contributed by atoms with Crippen LogP contribution in [0, 0.1) is 0 Å². The second-order valence-corrected chi connectivity index (χ2v) is 4.02.